The van der Waals surface area contributed by atoms with Gasteiger partial charge in [-0.1, -0.05) is 60.7 Å². The van der Waals surface area contributed by atoms with Crippen LogP contribution < -0.4 is 5.32 Å². The third-order valence-corrected chi connectivity index (χ3v) is 5.50. The number of aromatic nitrogens is 1. The highest BCUT2D eigenvalue weighted by molar-refractivity contribution is 6.04. The first-order chi connectivity index (χ1) is 13.2. The lowest BCUT2D eigenvalue weighted by atomic mass is 9.91. The van der Waals surface area contributed by atoms with Crippen LogP contribution in [0.4, 0.5) is 5.82 Å². The number of aryl methyl sites for hydroxylation is 1. The van der Waals surface area contributed by atoms with Gasteiger partial charge in [-0.25, -0.2) is 0 Å². The Morgan fingerprint density at radius 1 is 0.815 bits per heavy atom. The third kappa shape index (κ3) is 2.48. The van der Waals surface area contributed by atoms with Crippen molar-refractivity contribution in [3.63, 3.8) is 0 Å². The molecule has 2 nitrogen and oxygen atoms in total. The Balaban J connectivity index is 1.80. The molecule has 1 aliphatic heterocycles. The Morgan fingerprint density at radius 3 is 2.33 bits per heavy atom. The lowest BCUT2D eigenvalue weighted by Gasteiger charge is -2.26. The van der Waals surface area contributed by atoms with Gasteiger partial charge in [0.25, 0.3) is 0 Å². The van der Waals surface area contributed by atoms with Crippen LogP contribution in [0.3, 0.4) is 0 Å². The summed E-state index contributed by atoms with van der Waals surface area (Å²) in [6, 6.07) is 28.1. The number of nitrogens with zero attached hydrogens (tertiary/aromatic N) is 1. The minimum atomic E-state index is 0.241. The summed E-state index contributed by atoms with van der Waals surface area (Å²) in [5, 5.41) is 5.07. The van der Waals surface area contributed by atoms with Gasteiger partial charge < -0.3 is 5.32 Å². The number of rotatable bonds is 2. The topological polar surface area (TPSA) is 17.0 Å². The van der Waals surface area contributed by atoms with Crippen LogP contribution in [-0.2, 0) is 0 Å². The Hall–Kier alpha value is -3.26. The van der Waals surface area contributed by atoms with Crippen molar-refractivity contribution in [3.05, 3.63) is 95.6 Å². The average Bonchev–Trinajstić information content (AvgIpc) is 3.02. The number of hydrogen-bond donors (Lipinski definition) is 1. The van der Waals surface area contributed by atoms with Crippen LogP contribution in [0.25, 0.3) is 28.2 Å². The minimum Gasteiger partial charge on any atom is -0.364 e. The fourth-order valence-corrected chi connectivity index (χ4v) is 4.17. The van der Waals surface area contributed by atoms with Gasteiger partial charge >= 0.3 is 0 Å². The van der Waals surface area contributed by atoms with Crippen molar-refractivity contribution in [1.29, 1.82) is 0 Å². The van der Waals surface area contributed by atoms with Gasteiger partial charge in [-0.15, -0.1) is 0 Å². The number of para-hydroxylation sites is 2. The van der Waals surface area contributed by atoms with Crippen LogP contribution in [-0.4, -0.2) is 10.6 Å². The molecule has 0 fully saturated rings. The van der Waals surface area contributed by atoms with Gasteiger partial charge in [0.05, 0.1) is 11.6 Å². The molecule has 0 radical (unpaired) electrons. The molecule has 0 spiro atoms. The smallest absolute Gasteiger partial charge is 0.119 e. The molecule has 0 aliphatic carbocycles. The highest BCUT2D eigenvalue weighted by atomic mass is 15.1. The Kier molecular flexibility index (Phi) is 3.64. The Labute approximate surface area is 159 Å². The molecule has 3 aromatic carbocycles. The summed E-state index contributed by atoms with van der Waals surface area (Å²) >= 11 is 0. The second-order valence-electron chi connectivity index (χ2n) is 7.23. The van der Waals surface area contributed by atoms with E-state index >= 15 is 0 Å². The average molecular weight is 350 g/mol. The lowest BCUT2D eigenvalue weighted by molar-refractivity contribution is 0.969. The van der Waals surface area contributed by atoms with E-state index in [0.29, 0.717) is 0 Å². The van der Waals surface area contributed by atoms with Crippen molar-refractivity contribution in [2.75, 3.05) is 5.32 Å². The van der Waals surface area contributed by atoms with Gasteiger partial charge in [-0.05, 0) is 54.8 Å². The predicted octanol–water partition coefficient (Wildman–Crippen LogP) is 6.29. The molecular formula is C25H22N2. The molecule has 0 amide bonds. The number of benzene rings is 3. The van der Waals surface area contributed by atoms with Crippen molar-refractivity contribution in [1.82, 2.24) is 4.57 Å². The molecule has 0 bridgehead atoms. The van der Waals surface area contributed by atoms with Gasteiger partial charge in [0.15, 0.2) is 0 Å². The molecule has 2 heterocycles. The Bertz CT molecular complexity index is 1170. The quantitative estimate of drug-likeness (QED) is 0.449. The normalized spacial score (nSPS) is 15.9. The van der Waals surface area contributed by atoms with E-state index in [9.17, 15) is 0 Å². The zero-order chi connectivity index (χ0) is 18.4. The van der Waals surface area contributed by atoms with E-state index in [1.807, 2.05) is 0 Å². The number of hydrogen-bond acceptors (Lipinski definition) is 1. The molecule has 132 valence electrons. The second-order valence-corrected chi connectivity index (χ2v) is 7.23. The minimum absolute atomic E-state index is 0.241. The lowest BCUT2D eigenvalue weighted by Crippen LogP contribution is -2.23. The van der Waals surface area contributed by atoms with Crippen molar-refractivity contribution >= 4 is 28.4 Å². The first kappa shape index (κ1) is 16.0. The molecule has 1 aromatic heterocycles. The van der Waals surface area contributed by atoms with Crippen molar-refractivity contribution in [2.24, 2.45) is 0 Å². The highest BCUT2D eigenvalue weighted by Crippen LogP contribution is 2.41. The summed E-state index contributed by atoms with van der Waals surface area (Å²) in [5.41, 5.74) is 7.66. The zero-order valence-corrected chi connectivity index (χ0v) is 15.6. The maximum Gasteiger partial charge on any atom is 0.119 e. The summed E-state index contributed by atoms with van der Waals surface area (Å²) in [6.45, 7) is 4.43. The van der Waals surface area contributed by atoms with Crippen LogP contribution in [0.5, 0.6) is 0 Å². The van der Waals surface area contributed by atoms with E-state index in [1.54, 1.807) is 0 Å². The molecule has 0 saturated heterocycles. The summed E-state index contributed by atoms with van der Waals surface area (Å²) in [5.74, 6) is 1.17. The SMILES string of the molecule is Cc1ccccc1C1=Cc2c(n(-c3ccccc3)c3ccccc23)NC1C. The molecule has 2 heteroatoms. The summed E-state index contributed by atoms with van der Waals surface area (Å²) in [4.78, 5) is 0. The number of fused-ring (bicyclic) bond motifs is 3. The maximum atomic E-state index is 3.79. The first-order valence-electron chi connectivity index (χ1n) is 9.47. The fraction of sp³-hybridized carbons (Fsp3) is 0.120. The van der Waals surface area contributed by atoms with Crippen molar-refractivity contribution in [2.45, 2.75) is 19.9 Å². The third-order valence-electron chi connectivity index (χ3n) is 5.50. The number of nitrogens with one attached hydrogen (secondary N) is 1. The van der Waals surface area contributed by atoms with Crippen LogP contribution in [0.1, 0.15) is 23.6 Å². The van der Waals surface area contributed by atoms with E-state index in [2.05, 4.69) is 109 Å². The highest BCUT2D eigenvalue weighted by Gasteiger charge is 2.25. The summed E-state index contributed by atoms with van der Waals surface area (Å²) in [6.07, 6.45) is 2.38. The molecule has 1 N–H and O–H groups in total. The molecule has 1 unspecified atom stereocenters. The largest absolute Gasteiger partial charge is 0.364 e. The van der Waals surface area contributed by atoms with Crippen molar-refractivity contribution < 1.29 is 0 Å². The fourth-order valence-electron chi connectivity index (χ4n) is 4.17. The van der Waals surface area contributed by atoms with E-state index in [1.165, 1.54) is 44.7 Å². The summed E-state index contributed by atoms with van der Waals surface area (Å²) < 4.78 is 2.34. The van der Waals surface area contributed by atoms with Crippen LogP contribution in [0.15, 0.2) is 78.9 Å². The van der Waals surface area contributed by atoms with Gasteiger partial charge in [-0.3, -0.25) is 4.57 Å². The summed E-state index contributed by atoms with van der Waals surface area (Å²) in [7, 11) is 0. The van der Waals surface area contributed by atoms with E-state index in [-0.39, 0.29) is 6.04 Å². The Morgan fingerprint density at radius 2 is 1.52 bits per heavy atom. The predicted molar refractivity (Wildman–Crippen MR) is 115 cm³/mol. The standard InChI is InChI=1S/C25H22N2/c1-17-10-6-7-13-20(17)22-16-23-21-14-8-9-15-24(21)27(25(23)26-18(22)2)19-11-4-3-5-12-19/h3-16,18,26H,1-2H3. The van der Waals surface area contributed by atoms with Crippen LogP contribution in [0.2, 0.25) is 0 Å². The maximum absolute atomic E-state index is 3.79. The van der Waals surface area contributed by atoms with Crippen LogP contribution >= 0.6 is 0 Å². The molecular weight excluding hydrogens is 328 g/mol. The molecule has 1 atom stereocenters. The zero-order valence-electron chi connectivity index (χ0n) is 15.6. The molecule has 4 aromatic rings. The van der Waals surface area contributed by atoms with Crippen LogP contribution in [0, 0.1) is 6.92 Å². The van der Waals surface area contributed by atoms with Gasteiger partial charge in [0.2, 0.25) is 0 Å². The molecule has 0 saturated carbocycles. The van der Waals surface area contributed by atoms with E-state index in [0.717, 1.165) is 0 Å². The molecule has 5 rings (SSSR count). The molecule has 1 aliphatic rings. The van der Waals surface area contributed by atoms with E-state index in [4.69, 9.17) is 0 Å². The van der Waals surface area contributed by atoms with E-state index < -0.39 is 0 Å². The molecule has 27 heavy (non-hydrogen) atoms. The van der Waals surface area contributed by atoms with Gasteiger partial charge in [0, 0.05) is 16.6 Å². The van der Waals surface area contributed by atoms with Gasteiger partial charge in [-0.2, -0.15) is 0 Å². The second kappa shape index (κ2) is 6.17. The number of anilines is 1. The first-order valence-corrected chi connectivity index (χ1v) is 9.47. The van der Waals surface area contributed by atoms with Crippen molar-refractivity contribution in [3.8, 4) is 5.69 Å². The van der Waals surface area contributed by atoms with Gasteiger partial charge in [0.1, 0.15) is 5.82 Å². The monoisotopic (exact) mass is 350 g/mol.